The number of ketones is 1. The normalized spacial score (nSPS) is 17.1. The Hall–Kier alpha value is -4.39. The smallest absolute Gasteiger partial charge is 0.295 e. The number of halogens is 1. The summed E-state index contributed by atoms with van der Waals surface area (Å²) in [6.45, 7) is 4.54. The molecule has 4 aromatic rings. The van der Waals surface area contributed by atoms with Gasteiger partial charge in [-0.2, -0.15) is 0 Å². The Balaban J connectivity index is 1.66. The van der Waals surface area contributed by atoms with Crippen LogP contribution >= 0.6 is 0 Å². The molecule has 6 nitrogen and oxygen atoms in total. The molecule has 1 aliphatic rings. The van der Waals surface area contributed by atoms with E-state index < -0.39 is 17.7 Å². The number of benzene rings is 3. The van der Waals surface area contributed by atoms with Crippen molar-refractivity contribution in [2.75, 3.05) is 6.61 Å². The zero-order chi connectivity index (χ0) is 26.1. The zero-order valence-corrected chi connectivity index (χ0v) is 20.6. The first-order valence-electron chi connectivity index (χ1n) is 12.2. The summed E-state index contributed by atoms with van der Waals surface area (Å²) in [5.41, 5.74) is 3.48. The van der Waals surface area contributed by atoms with E-state index in [1.54, 1.807) is 36.4 Å². The summed E-state index contributed by atoms with van der Waals surface area (Å²) in [5, 5.41) is 12.3. The first-order chi connectivity index (χ1) is 17.9. The van der Waals surface area contributed by atoms with Gasteiger partial charge in [-0.3, -0.25) is 9.59 Å². The highest BCUT2D eigenvalue weighted by molar-refractivity contribution is 6.46. The Labute approximate surface area is 214 Å². The molecule has 5 rings (SSSR count). The minimum absolute atomic E-state index is 0.0159. The number of para-hydroxylation sites is 1. The van der Waals surface area contributed by atoms with Gasteiger partial charge in [0.25, 0.3) is 11.7 Å². The van der Waals surface area contributed by atoms with Gasteiger partial charge in [-0.05, 0) is 61.4 Å². The molecule has 2 N–H and O–H groups in total. The topological polar surface area (TPSA) is 82.6 Å². The standard InChI is InChI=1S/C30H27FN2O4/c1-3-16-37-22-14-10-20(11-15-22)28(34)26-27(25-18(2)32-24-7-5-4-6-23(24)25)33(30(36)29(26)35)17-19-8-12-21(31)13-9-19/h4-15,27,32,34H,3,16-17H2,1-2H3/b28-26+. The minimum atomic E-state index is -0.836. The number of nitrogens with one attached hydrogen (secondary N) is 1. The second-order valence-electron chi connectivity index (χ2n) is 9.14. The quantitative estimate of drug-likeness (QED) is 0.185. The summed E-state index contributed by atoms with van der Waals surface area (Å²) in [4.78, 5) is 31.6. The molecule has 1 aromatic heterocycles. The maximum atomic E-state index is 13.5. The fourth-order valence-corrected chi connectivity index (χ4v) is 4.86. The number of aromatic amines is 1. The number of hydrogen-bond acceptors (Lipinski definition) is 4. The lowest BCUT2D eigenvalue weighted by Gasteiger charge is -2.26. The molecule has 0 bridgehead atoms. The van der Waals surface area contributed by atoms with Gasteiger partial charge in [0.2, 0.25) is 0 Å². The molecule has 1 saturated heterocycles. The van der Waals surface area contributed by atoms with Crippen LogP contribution in [0.2, 0.25) is 0 Å². The Morgan fingerprint density at radius 1 is 1.03 bits per heavy atom. The maximum Gasteiger partial charge on any atom is 0.295 e. The fourth-order valence-electron chi connectivity index (χ4n) is 4.86. The Kier molecular flexibility index (Phi) is 6.53. The van der Waals surface area contributed by atoms with Crippen molar-refractivity contribution in [2.45, 2.75) is 32.9 Å². The molecule has 7 heteroatoms. The molecule has 1 aliphatic heterocycles. The highest BCUT2D eigenvalue weighted by Gasteiger charge is 2.47. The van der Waals surface area contributed by atoms with Crippen molar-refractivity contribution < 1.29 is 23.8 Å². The number of likely N-dealkylation sites (tertiary alicyclic amines) is 1. The van der Waals surface area contributed by atoms with Crippen molar-refractivity contribution in [3.63, 3.8) is 0 Å². The summed E-state index contributed by atoms with van der Waals surface area (Å²) in [6.07, 6.45) is 0.864. The molecule has 1 atom stereocenters. The predicted octanol–water partition coefficient (Wildman–Crippen LogP) is 6.03. The van der Waals surface area contributed by atoms with Crippen molar-refractivity contribution in [1.82, 2.24) is 9.88 Å². The minimum Gasteiger partial charge on any atom is -0.507 e. The third-order valence-electron chi connectivity index (χ3n) is 6.62. The lowest BCUT2D eigenvalue weighted by atomic mass is 9.93. The summed E-state index contributed by atoms with van der Waals surface area (Å²) in [5.74, 6) is -1.47. The highest BCUT2D eigenvalue weighted by Crippen LogP contribution is 2.44. The zero-order valence-electron chi connectivity index (χ0n) is 20.6. The molecular weight excluding hydrogens is 471 g/mol. The van der Waals surface area contributed by atoms with E-state index in [-0.39, 0.29) is 23.7 Å². The monoisotopic (exact) mass is 498 g/mol. The number of aromatic nitrogens is 1. The average molecular weight is 499 g/mol. The third kappa shape index (κ3) is 4.48. The van der Waals surface area contributed by atoms with Gasteiger partial charge >= 0.3 is 0 Å². The molecule has 1 fully saturated rings. The number of amides is 1. The molecule has 1 amide bonds. The van der Waals surface area contributed by atoms with Crippen LogP contribution in [0.5, 0.6) is 5.75 Å². The predicted molar refractivity (Wildman–Crippen MR) is 140 cm³/mol. The first kappa shape index (κ1) is 24.3. The van der Waals surface area contributed by atoms with E-state index in [1.807, 2.05) is 38.1 Å². The van der Waals surface area contributed by atoms with E-state index >= 15 is 0 Å². The summed E-state index contributed by atoms with van der Waals surface area (Å²) in [7, 11) is 0. The number of nitrogens with zero attached hydrogens (tertiary/aromatic N) is 1. The number of aryl methyl sites for hydroxylation is 1. The molecule has 2 heterocycles. The number of hydrogen-bond donors (Lipinski definition) is 2. The molecule has 0 radical (unpaired) electrons. The molecule has 0 aliphatic carbocycles. The number of Topliss-reactive ketones (excluding diaryl/α,β-unsaturated/α-hetero) is 1. The van der Waals surface area contributed by atoms with Crippen LogP contribution < -0.4 is 4.74 Å². The molecule has 0 spiro atoms. The van der Waals surface area contributed by atoms with Crippen molar-refractivity contribution in [1.29, 1.82) is 0 Å². The van der Waals surface area contributed by atoms with Gasteiger partial charge in [0.05, 0.1) is 18.2 Å². The summed E-state index contributed by atoms with van der Waals surface area (Å²) in [6, 6.07) is 19.4. The highest BCUT2D eigenvalue weighted by atomic mass is 19.1. The second kappa shape index (κ2) is 9.93. The van der Waals surface area contributed by atoms with Crippen LogP contribution in [0.15, 0.2) is 78.4 Å². The van der Waals surface area contributed by atoms with E-state index in [0.717, 1.165) is 28.6 Å². The number of aliphatic hydroxyl groups is 1. The van der Waals surface area contributed by atoms with Gasteiger partial charge in [-0.25, -0.2) is 4.39 Å². The van der Waals surface area contributed by atoms with E-state index in [0.29, 0.717) is 23.5 Å². The fraction of sp³-hybridized carbons (Fsp3) is 0.200. The second-order valence-corrected chi connectivity index (χ2v) is 9.14. The maximum absolute atomic E-state index is 13.5. The molecule has 37 heavy (non-hydrogen) atoms. The Morgan fingerprint density at radius 3 is 2.43 bits per heavy atom. The van der Waals surface area contributed by atoms with Crippen molar-refractivity contribution >= 4 is 28.4 Å². The lowest BCUT2D eigenvalue weighted by Crippen LogP contribution is -2.29. The molecule has 0 saturated carbocycles. The van der Waals surface area contributed by atoms with E-state index in [2.05, 4.69) is 4.98 Å². The van der Waals surface area contributed by atoms with Crippen LogP contribution in [0.3, 0.4) is 0 Å². The van der Waals surface area contributed by atoms with Gasteiger partial charge in [-0.15, -0.1) is 0 Å². The number of carbonyl (C=O) groups excluding carboxylic acids is 2. The van der Waals surface area contributed by atoms with Crippen molar-refractivity contribution in [3.8, 4) is 5.75 Å². The van der Waals surface area contributed by atoms with Crippen LogP contribution in [0, 0.1) is 12.7 Å². The van der Waals surface area contributed by atoms with Crippen molar-refractivity contribution in [3.05, 3.63) is 107 Å². The van der Waals surface area contributed by atoms with Crippen LogP contribution in [-0.4, -0.2) is 33.3 Å². The number of ether oxygens (including phenoxy) is 1. The van der Waals surface area contributed by atoms with Gasteiger partial charge < -0.3 is 19.7 Å². The largest absolute Gasteiger partial charge is 0.507 e. The van der Waals surface area contributed by atoms with Crippen LogP contribution in [0.1, 0.15) is 41.8 Å². The molecule has 3 aromatic carbocycles. The third-order valence-corrected chi connectivity index (χ3v) is 6.62. The van der Waals surface area contributed by atoms with Gasteiger partial charge in [0.15, 0.2) is 0 Å². The van der Waals surface area contributed by atoms with Gasteiger partial charge in [0.1, 0.15) is 17.3 Å². The molecular formula is C30H27FN2O4. The number of fused-ring (bicyclic) bond motifs is 1. The van der Waals surface area contributed by atoms with Crippen LogP contribution in [0.25, 0.3) is 16.7 Å². The molecule has 188 valence electrons. The average Bonchev–Trinajstić information content (AvgIpc) is 3.36. The Morgan fingerprint density at radius 2 is 1.73 bits per heavy atom. The van der Waals surface area contributed by atoms with Crippen LogP contribution in [-0.2, 0) is 16.1 Å². The van der Waals surface area contributed by atoms with Gasteiger partial charge in [0, 0.05) is 34.3 Å². The number of aliphatic hydroxyl groups excluding tert-OH is 1. The van der Waals surface area contributed by atoms with Gasteiger partial charge in [-0.1, -0.05) is 37.3 Å². The number of H-pyrrole nitrogens is 1. The molecule has 1 unspecified atom stereocenters. The lowest BCUT2D eigenvalue weighted by molar-refractivity contribution is -0.140. The van der Waals surface area contributed by atoms with Crippen molar-refractivity contribution in [2.24, 2.45) is 0 Å². The summed E-state index contributed by atoms with van der Waals surface area (Å²) >= 11 is 0. The Bertz CT molecular complexity index is 1500. The van der Waals surface area contributed by atoms with E-state index in [9.17, 15) is 19.1 Å². The first-order valence-corrected chi connectivity index (χ1v) is 12.2. The van der Waals surface area contributed by atoms with Crippen LogP contribution in [0.4, 0.5) is 4.39 Å². The van der Waals surface area contributed by atoms with E-state index in [4.69, 9.17) is 4.74 Å². The van der Waals surface area contributed by atoms with E-state index in [1.165, 1.54) is 17.0 Å². The summed E-state index contributed by atoms with van der Waals surface area (Å²) < 4.78 is 19.2. The number of rotatable bonds is 7. The number of carbonyl (C=O) groups is 2. The SMILES string of the molecule is CCCOc1ccc(/C(O)=C2\C(=O)C(=O)N(Cc3ccc(F)cc3)C2c2c(C)[nH]c3ccccc23)cc1.